The van der Waals surface area contributed by atoms with E-state index in [1.165, 1.54) is 0 Å². The second-order valence-corrected chi connectivity index (χ2v) is 3.12. The summed E-state index contributed by atoms with van der Waals surface area (Å²) in [5.41, 5.74) is 5.54. The van der Waals surface area contributed by atoms with Gasteiger partial charge in [-0.15, -0.1) is 0 Å². The SMILES string of the molecule is CN=C(N)NC1CCC(OC)C1. The minimum atomic E-state index is 0.396. The molecule has 2 atom stereocenters. The first-order chi connectivity index (χ1) is 5.76. The Morgan fingerprint density at radius 2 is 2.33 bits per heavy atom. The van der Waals surface area contributed by atoms with Crippen molar-refractivity contribution in [1.82, 2.24) is 5.32 Å². The van der Waals surface area contributed by atoms with E-state index in [0.717, 1.165) is 19.3 Å². The third-order valence-electron chi connectivity index (χ3n) is 2.31. The van der Waals surface area contributed by atoms with Crippen LogP contribution in [0.4, 0.5) is 0 Å². The number of nitrogens with two attached hydrogens (primary N) is 1. The Balaban J connectivity index is 2.28. The van der Waals surface area contributed by atoms with Gasteiger partial charge >= 0.3 is 0 Å². The van der Waals surface area contributed by atoms with E-state index in [0.29, 0.717) is 18.1 Å². The fourth-order valence-electron chi connectivity index (χ4n) is 1.56. The number of hydrogen-bond acceptors (Lipinski definition) is 2. The van der Waals surface area contributed by atoms with Crippen LogP contribution in [-0.2, 0) is 4.74 Å². The number of nitrogens with zero attached hydrogens (tertiary/aromatic N) is 1. The van der Waals surface area contributed by atoms with E-state index in [4.69, 9.17) is 10.5 Å². The van der Waals surface area contributed by atoms with Gasteiger partial charge in [0.05, 0.1) is 6.10 Å². The normalized spacial score (nSPS) is 30.7. The minimum Gasteiger partial charge on any atom is -0.381 e. The largest absolute Gasteiger partial charge is 0.381 e. The highest BCUT2D eigenvalue weighted by Crippen LogP contribution is 2.20. The molecule has 2 unspecified atom stereocenters. The van der Waals surface area contributed by atoms with E-state index in [2.05, 4.69) is 10.3 Å². The maximum Gasteiger partial charge on any atom is 0.188 e. The first-order valence-corrected chi connectivity index (χ1v) is 4.28. The summed E-state index contributed by atoms with van der Waals surface area (Å²) >= 11 is 0. The van der Waals surface area contributed by atoms with Gasteiger partial charge in [0, 0.05) is 20.2 Å². The Kier molecular flexibility index (Phi) is 3.34. The lowest BCUT2D eigenvalue weighted by Gasteiger charge is -2.12. The summed E-state index contributed by atoms with van der Waals surface area (Å²) in [5, 5.41) is 3.14. The van der Waals surface area contributed by atoms with Crippen molar-refractivity contribution in [2.75, 3.05) is 14.2 Å². The molecule has 0 aromatic carbocycles. The first-order valence-electron chi connectivity index (χ1n) is 4.28. The van der Waals surface area contributed by atoms with Gasteiger partial charge in [0.2, 0.25) is 0 Å². The second kappa shape index (κ2) is 4.30. The molecule has 0 radical (unpaired) electrons. The fourth-order valence-corrected chi connectivity index (χ4v) is 1.56. The van der Waals surface area contributed by atoms with Crippen LogP contribution in [0.15, 0.2) is 4.99 Å². The average Bonchev–Trinajstić information content (AvgIpc) is 2.52. The first kappa shape index (κ1) is 9.32. The molecule has 1 aliphatic carbocycles. The van der Waals surface area contributed by atoms with Crippen molar-refractivity contribution in [2.24, 2.45) is 10.7 Å². The van der Waals surface area contributed by atoms with Crippen LogP contribution < -0.4 is 11.1 Å². The number of aliphatic imine (C=N–C) groups is 1. The maximum absolute atomic E-state index is 5.54. The topological polar surface area (TPSA) is 59.6 Å². The lowest BCUT2D eigenvalue weighted by molar-refractivity contribution is 0.107. The number of guanidine groups is 1. The molecule has 0 aromatic heterocycles. The van der Waals surface area contributed by atoms with E-state index in [9.17, 15) is 0 Å². The highest BCUT2D eigenvalue weighted by atomic mass is 16.5. The van der Waals surface area contributed by atoms with Crippen LogP contribution in [0, 0.1) is 0 Å². The summed E-state index contributed by atoms with van der Waals surface area (Å²) < 4.78 is 5.24. The molecule has 0 heterocycles. The molecule has 0 aromatic rings. The Bertz CT molecular complexity index is 170. The molecule has 1 saturated carbocycles. The predicted molar refractivity (Wildman–Crippen MR) is 49.1 cm³/mol. The lowest BCUT2D eigenvalue weighted by atomic mass is 10.2. The molecule has 0 bridgehead atoms. The van der Waals surface area contributed by atoms with Gasteiger partial charge in [-0.25, -0.2) is 0 Å². The van der Waals surface area contributed by atoms with Crippen molar-refractivity contribution in [3.63, 3.8) is 0 Å². The molecular formula is C8H17N3O. The van der Waals surface area contributed by atoms with Crippen molar-refractivity contribution in [3.8, 4) is 0 Å². The van der Waals surface area contributed by atoms with Crippen molar-refractivity contribution in [3.05, 3.63) is 0 Å². The number of ether oxygens (including phenoxy) is 1. The van der Waals surface area contributed by atoms with Crippen LogP contribution >= 0.6 is 0 Å². The summed E-state index contributed by atoms with van der Waals surface area (Å²) in [7, 11) is 3.44. The van der Waals surface area contributed by atoms with Crippen LogP contribution in [0.1, 0.15) is 19.3 Å². The average molecular weight is 171 g/mol. The van der Waals surface area contributed by atoms with Crippen LogP contribution in [0.5, 0.6) is 0 Å². The molecular weight excluding hydrogens is 154 g/mol. The van der Waals surface area contributed by atoms with Crippen molar-refractivity contribution >= 4 is 5.96 Å². The van der Waals surface area contributed by atoms with Gasteiger partial charge in [-0.2, -0.15) is 0 Å². The smallest absolute Gasteiger partial charge is 0.188 e. The fraction of sp³-hybridized carbons (Fsp3) is 0.875. The van der Waals surface area contributed by atoms with E-state index in [1.54, 1.807) is 14.2 Å². The van der Waals surface area contributed by atoms with E-state index < -0.39 is 0 Å². The van der Waals surface area contributed by atoms with Gasteiger partial charge in [0.25, 0.3) is 0 Å². The zero-order valence-electron chi connectivity index (χ0n) is 7.71. The van der Waals surface area contributed by atoms with E-state index in [1.807, 2.05) is 0 Å². The number of rotatable bonds is 2. The van der Waals surface area contributed by atoms with Crippen LogP contribution in [0.2, 0.25) is 0 Å². The van der Waals surface area contributed by atoms with Gasteiger partial charge in [-0.3, -0.25) is 4.99 Å². The number of nitrogens with one attached hydrogen (secondary N) is 1. The molecule has 4 heteroatoms. The molecule has 0 aliphatic heterocycles. The Morgan fingerprint density at radius 3 is 2.83 bits per heavy atom. The third-order valence-corrected chi connectivity index (χ3v) is 2.31. The molecule has 1 fully saturated rings. The van der Waals surface area contributed by atoms with Crippen LogP contribution in [-0.4, -0.2) is 32.3 Å². The molecule has 0 spiro atoms. The standard InChI is InChI=1S/C8H17N3O/c1-10-8(9)11-6-3-4-7(5-6)12-2/h6-7H,3-5H2,1-2H3,(H3,9,10,11). The van der Waals surface area contributed by atoms with Gasteiger partial charge in [0.15, 0.2) is 5.96 Å². The summed E-state index contributed by atoms with van der Waals surface area (Å²) in [4.78, 5) is 3.85. The van der Waals surface area contributed by atoms with Crippen LogP contribution in [0.25, 0.3) is 0 Å². The van der Waals surface area contributed by atoms with Crippen molar-refractivity contribution in [1.29, 1.82) is 0 Å². The molecule has 12 heavy (non-hydrogen) atoms. The Labute approximate surface area is 73.2 Å². The molecule has 1 rings (SSSR count). The Morgan fingerprint density at radius 1 is 1.58 bits per heavy atom. The third kappa shape index (κ3) is 2.37. The number of methoxy groups -OCH3 is 1. The predicted octanol–water partition coefficient (Wildman–Crippen LogP) is 0.0880. The summed E-state index contributed by atoms with van der Waals surface area (Å²) in [6, 6.07) is 0.443. The zero-order valence-corrected chi connectivity index (χ0v) is 7.71. The molecule has 3 N–H and O–H groups in total. The van der Waals surface area contributed by atoms with Gasteiger partial charge in [-0.1, -0.05) is 0 Å². The quantitative estimate of drug-likeness (QED) is 0.457. The zero-order chi connectivity index (χ0) is 8.97. The van der Waals surface area contributed by atoms with Gasteiger partial charge in [0.1, 0.15) is 0 Å². The van der Waals surface area contributed by atoms with Crippen LogP contribution in [0.3, 0.4) is 0 Å². The second-order valence-electron chi connectivity index (χ2n) is 3.12. The molecule has 0 saturated heterocycles. The minimum absolute atomic E-state index is 0.396. The van der Waals surface area contributed by atoms with E-state index >= 15 is 0 Å². The molecule has 1 aliphatic rings. The van der Waals surface area contributed by atoms with Crippen molar-refractivity contribution < 1.29 is 4.74 Å². The molecule has 70 valence electrons. The molecule has 4 nitrogen and oxygen atoms in total. The monoisotopic (exact) mass is 171 g/mol. The summed E-state index contributed by atoms with van der Waals surface area (Å²) in [5.74, 6) is 0.525. The highest BCUT2D eigenvalue weighted by Gasteiger charge is 2.24. The Hall–Kier alpha value is -0.770. The highest BCUT2D eigenvalue weighted by molar-refractivity contribution is 5.77. The lowest BCUT2D eigenvalue weighted by Crippen LogP contribution is -2.38. The summed E-state index contributed by atoms with van der Waals surface area (Å²) in [6.07, 6.45) is 3.67. The van der Waals surface area contributed by atoms with E-state index in [-0.39, 0.29) is 0 Å². The van der Waals surface area contributed by atoms with Gasteiger partial charge in [-0.05, 0) is 19.3 Å². The van der Waals surface area contributed by atoms with Crippen molar-refractivity contribution in [2.45, 2.75) is 31.4 Å². The van der Waals surface area contributed by atoms with Gasteiger partial charge < -0.3 is 15.8 Å². The summed E-state index contributed by atoms with van der Waals surface area (Å²) in [6.45, 7) is 0. The number of hydrogen-bond donors (Lipinski definition) is 2. The maximum atomic E-state index is 5.54. The molecule has 0 amide bonds.